The van der Waals surface area contributed by atoms with E-state index in [0.717, 1.165) is 10.1 Å². The maximum absolute atomic E-state index is 13.6. The van der Waals surface area contributed by atoms with Crippen LogP contribution < -0.4 is 0 Å². The van der Waals surface area contributed by atoms with Crippen LogP contribution in [0.3, 0.4) is 0 Å². The standard InChI is InChI=1S/C13H16NO2.3C4H9.Sn/c1-12(2,3)13(16)10-8-6-5-7-9(10)11(15)14(13)4;3*1-3-4-2;/h5-8,16H,4H2,1-3H3;3*1,3-4H2,2H3;. The van der Waals surface area contributed by atoms with E-state index >= 15 is 0 Å². The fraction of sp³-hybridized carbons (Fsp3) is 0.720. The number of amides is 1. The Morgan fingerprint density at radius 3 is 1.86 bits per heavy atom. The van der Waals surface area contributed by atoms with Gasteiger partial charge in [0.25, 0.3) is 0 Å². The van der Waals surface area contributed by atoms with Crippen molar-refractivity contribution in [2.24, 2.45) is 5.41 Å². The van der Waals surface area contributed by atoms with Crippen molar-refractivity contribution in [3.8, 4) is 0 Å². The quantitative estimate of drug-likeness (QED) is 0.337. The van der Waals surface area contributed by atoms with E-state index in [2.05, 4.69) is 41.5 Å². The Morgan fingerprint density at radius 2 is 1.41 bits per heavy atom. The number of hydrogen-bond donors (Lipinski definition) is 1. The molecule has 1 heterocycles. The van der Waals surface area contributed by atoms with Crippen LogP contribution in [0.2, 0.25) is 13.3 Å². The number of unbranched alkanes of at least 4 members (excludes halogenated alkanes) is 3. The number of carbonyl (C=O) groups is 1. The van der Waals surface area contributed by atoms with Crippen molar-refractivity contribution in [1.82, 2.24) is 4.90 Å². The number of benzene rings is 1. The molecular weight excluding hydrogens is 465 g/mol. The fourth-order valence-electron chi connectivity index (χ4n) is 5.01. The first kappa shape index (κ1) is 24.7. The summed E-state index contributed by atoms with van der Waals surface area (Å²) in [6.45, 7) is 13.0. The van der Waals surface area contributed by atoms with Gasteiger partial charge in [-0.15, -0.1) is 0 Å². The molecule has 0 fully saturated rings. The summed E-state index contributed by atoms with van der Waals surface area (Å²) in [6.07, 6.45) is 7.46. The average Bonchev–Trinajstić information content (AvgIpc) is 2.91. The molecule has 0 aliphatic carbocycles. The van der Waals surface area contributed by atoms with Crippen LogP contribution in [0.5, 0.6) is 0 Å². The fourth-order valence-corrected chi connectivity index (χ4v) is 20.9. The van der Waals surface area contributed by atoms with Gasteiger partial charge in [0.05, 0.1) is 0 Å². The Bertz CT molecular complexity index is 660. The summed E-state index contributed by atoms with van der Waals surface area (Å²) < 4.78 is 4.87. The van der Waals surface area contributed by atoms with Gasteiger partial charge in [0.2, 0.25) is 0 Å². The average molecular weight is 508 g/mol. The van der Waals surface area contributed by atoms with Crippen molar-refractivity contribution in [3.63, 3.8) is 0 Å². The Morgan fingerprint density at radius 1 is 0.931 bits per heavy atom. The van der Waals surface area contributed by atoms with Crippen LogP contribution in [0, 0.1) is 5.41 Å². The summed E-state index contributed by atoms with van der Waals surface area (Å²) in [5, 5.41) is 12.1. The second-order valence-electron chi connectivity index (χ2n) is 10.2. The molecule has 3 nitrogen and oxygen atoms in total. The minimum absolute atomic E-state index is 0.0450. The molecule has 1 atom stereocenters. The van der Waals surface area contributed by atoms with E-state index < -0.39 is 29.5 Å². The van der Waals surface area contributed by atoms with Gasteiger partial charge in [-0.05, 0) is 0 Å². The van der Waals surface area contributed by atoms with Gasteiger partial charge in [-0.25, -0.2) is 0 Å². The number of aliphatic hydroxyl groups is 1. The number of rotatable bonds is 11. The van der Waals surface area contributed by atoms with Crippen LogP contribution in [0.4, 0.5) is 0 Å². The van der Waals surface area contributed by atoms with Crippen molar-refractivity contribution >= 4 is 24.3 Å². The molecule has 1 amide bonds. The van der Waals surface area contributed by atoms with E-state index in [0.29, 0.717) is 5.56 Å². The molecule has 0 aromatic heterocycles. The van der Waals surface area contributed by atoms with E-state index in [1.54, 1.807) is 0 Å². The Labute approximate surface area is 183 Å². The van der Waals surface area contributed by atoms with E-state index in [1.807, 2.05) is 29.2 Å². The van der Waals surface area contributed by atoms with Crippen molar-refractivity contribution in [3.05, 3.63) is 35.4 Å². The van der Waals surface area contributed by atoms with Crippen LogP contribution in [0.15, 0.2) is 24.3 Å². The molecule has 1 aromatic rings. The Hall–Kier alpha value is -0.551. The van der Waals surface area contributed by atoms with Crippen LogP contribution in [0.1, 0.15) is 96.0 Å². The molecule has 0 radical (unpaired) electrons. The number of carbonyl (C=O) groups excluding carboxylic acids is 1. The predicted octanol–water partition coefficient (Wildman–Crippen LogP) is 6.72. The summed E-state index contributed by atoms with van der Waals surface area (Å²) in [5.41, 5.74) is -0.147. The number of nitrogens with zero attached hydrogens (tertiary/aromatic N) is 1. The molecule has 0 saturated heterocycles. The second-order valence-corrected chi connectivity index (χ2v) is 23.9. The zero-order valence-electron chi connectivity index (χ0n) is 19.7. The number of hydrogen-bond acceptors (Lipinski definition) is 2. The zero-order chi connectivity index (χ0) is 21.7. The summed E-state index contributed by atoms with van der Waals surface area (Å²) >= 11 is -2.65. The van der Waals surface area contributed by atoms with Gasteiger partial charge in [0.15, 0.2) is 0 Å². The number of fused-ring (bicyclic) bond motifs is 1. The van der Waals surface area contributed by atoms with Crippen LogP contribution in [-0.4, -0.2) is 38.9 Å². The normalized spacial score (nSPS) is 19.7. The molecule has 1 N–H and O–H groups in total. The molecule has 4 heteroatoms. The van der Waals surface area contributed by atoms with E-state index in [9.17, 15) is 9.90 Å². The second kappa shape index (κ2) is 10.2. The molecule has 29 heavy (non-hydrogen) atoms. The van der Waals surface area contributed by atoms with Crippen LogP contribution >= 0.6 is 0 Å². The van der Waals surface area contributed by atoms with Crippen LogP contribution in [0.25, 0.3) is 0 Å². The molecule has 1 aliphatic heterocycles. The third-order valence-corrected chi connectivity index (χ3v) is 21.8. The van der Waals surface area contributed by atoms with Crippen molar-refractivity contribution in [1.29, 1.82) is 0 Å². The third-order valence-electron chi connectivity index (χ3n) is 6.89. The molecule has 164 valence electrons. The van der Waals surface area contributed by atoms with E-state index in [4.69, 9.17) is 0 Å². The van der Waals surface area contributed by atoms with Gasteiger partial charge < -0.3 is 0 Å². The first-order valence-corrected chi connectivity index (χ1v) is 19.9. The van der Waals surface area contributed by atoms with Crippen molar-refractivity contribution in [2.45, 2.75) is 99.1 Å². The maximum atomic E-state index is 13.6. The molecule has 0 saturated carbocycles. The zero-order valence-corrected chi connectivity index (χ0v) is 22.5. The Balaban J connectivity index is 2.50. The summed E-state index contributed by atoms with van der Waals surface area (Å²) in [7, 11) is 0. The minimum atomic E-state index is -2.65. The Kier molecular flexibility index (Phi) is 8.67. The van der Waals surface area contributed by atoms with Crippen molar-refractivity contribution in [2.75, 3.05) is 4.56 Å². The summed E-state index contributed by atoms with van der Waals surface area (Å²) in [5.74, 6) is 0.0450. The van der Waals surface area contributed by atoms with Gasteiger partial charge in [0.1, 0.15) is 0 Å². The van der Waals surface area contributed by atoms with E-state index in [1.165, 1.54) is 51.8 Å². The van der Waals surface area contributed by atoms with Gasteiger partial charge in [-0.1, -0.05) is 0 Å². The molecule has 1 aromatic carbocycles. The van der Waals surface area contributed by atoms with Crippen LogP contribution in [-0.2, 0) is 5.72 Å². The molecular formula is C25H43NO2Sn. The predicted molar refractivity (Wildman–Crippen MR) is 126 cm³/mol. The molecule has 2 rings (SSSR count). The first-order valence-electron chi connectivity index (χ1n) is 11.8. The van der Waals surface area contributed by atoms with E-state index in [-0.39, 0.29) is 5.91 Å². The summed E-state index contributed by atoms with van der Waals surface area (Å²) in [4.78, 5) is 15.5. The van der Waals surface area contributed by atoms with Crippen molar-refractivity contribution < 1.29 is 9.90 Å². The van der Waals surface area contributed by atoms with Gasteiger partial charge in [0, 0.05) is 0 Å². The molecule has 0 spiro atoms. The molecule has 1 aliphatic rings. The molecule has 1 unspecified atom stereocenters. The first-order chi connectivity index (χ1) is 13.7. The summed E-state index contributed by atoms with van der Waals surface area (Å²) in [6, 6.07) is 7.73. The topological polar surface area (TPSA) is 40.5 Å². The third kappa shape index (κ3) is 5.03. The van der Waals surface area contributed by atoms with Gasteiger partial charge in [-0.3, -0.25) is 0 Å². The van der Waals surface area contributed by atoms with Gasteiger partial charge in [-0.2, -0.15) is 0 Å². The SMILES string of the molecule is CCC[CH2][Sn]([CH2]CCC)([CH2]CCC)[CH2]N1C(=O)c2ccccc2C1(O)C(C)(C)C. The molecule has 0 bridgehead atoms. The van der Waals surface area contributed by atoms with Gasteiger partial charge >= 0.3 is 184 Å². The monoisotopic (exact) mass is 509 g/mol.